The van der Waals surface area contributed by atoms with Crippen molar-refractivity contribution in [3.05, 3.63) is 11.5 Å². The highest BCUT2D eigenvalue weighted by Crippen LogP contribution is 2.31. The maximum atomic E-state index is 12.0. The van der Waals surface area contributed by atoms with Crippen molar-refractivity contribution in [1.29, 1.82) is 0 Å². The topological polar surface area (TPSA) is 84.2 Å². The Bertz CT molecular complexity index is 778. The van der Waals surface area contributed by atoms with E-state index in [0.717, 1.165) is 49.4 Å². The highest BCUT2D eigenvalue weighted by atomic mass is 16.5. The average molecular weight is 374 g/mol. The number of aryl methyl sites for hydroxylation is 2. The van der Waals surface area contributed by atoms with E-state index in [1.807, 2.05) is 6.92 Å². The molecule has 0 bridgehead atoms. The lowest BCUT2D eigenvalue weighted by atomic mass is 9.92. The second-order valence-electron chi connectivity index (χ2n) is 7.97. The van der Waals surface area contributed by atoms with Gasteiger partial charge in [0.2, 0.25) is 5.91 Å². The third kappa shape index (κ3) is 4.76. The zero-order valence-electron chi connectivity index (χ0n) is 16.9. The van der Waals surface area contributed by atoms with E-state index in [0.29, 0.717) is 36.2 Å². The van der Waals surface area contributed by atoms with Gasteiger partial charge in [-0.3, -0.25) is 4.79 Å². The number of piperidine rings is 1. The van der Waals surface area contributed by atoms with Gasteiger partial charge in [0.15, 0.2) is 0 Å². The highest BCUT2D eigenvalue weighted by Gasteiger charge is 2.27. The first kappa shape index (κ1) is 19.6. The van der Waals surface area contributed by atoms with Crippen molar-refractivity contribution in [2.45, 2.75) is 59.8 Å². The second-order valence-corrected chi connectivity index (χ2v) is 7.97. The van der Waals surface area contributed by atoms with E-state index < -0.39 is 0 Å². The second kappa shape index (κ2) is 8.67. The minimum absolute atomic E-state index is 0.0441. The van der Waals surface area contributed by atoms with Crippen molar-refractivity contribution < 1.29 is 9.32 Å². The first-order valence-corrected chi connectivity index (χ1v) is 10.1. The molecule has 3 rings (SSSR count). The smallest absolute Gasteiger partial charge is 0.263 e. The van der Waals surface area contributed by atoms with Crippen LogP contribution in [0.1, 0.15) is 58.0 Å². The van der Waals surface area contributed by atoms with Gasteiger partial charge >= 0.3 is 0 Å². The first-order chi connectivity index (χ1) is 13.0. The average Bonchev–Trinajstić information content (AvgIpc) is 3.00. The summed E-state index contributed by atoms with van der Waals surface area (Å²) in [5.74, 6) is 2.82. The Kier molecular flexibility index (Phi) is 6.29. The van der Waals surface area contributed by atoms with Gasteiger partial charge in [-0.1, -0.05) is 32.3 Å². The van der Waals surface area contributed by atoms with Gasteiger partial charge in [-0.2, -0.15) is 4.98 Å². The Morgan fingerprint density at radius 2 is 2.00 bits per heavy atom. The van der Waals surface area contributed by atoms with Gasteiger partial charge in [0.1, 0.15) is 17.0 Å². The summed E-state index contributed by atoms with van der Waals surface area (Å²) >= 11 is 0. The molecule has 0 saturated carbocycles. The molecule has 2 aromatic rings. The van der Waals surface area contributed by atoms with Gasteiger partial charge in [-0.15, -0.1) is 0 Å². The molecule has 0 aromatic carbocycles. The maximum absolute atomic E-state index is 12.0. The van der Waals surface area contributed by atoms with Gasteiger partial charge < -0.3 is 14.7 Å². The lowest BCUT2D eigenvalue weighted by Gasteiger charge is -2.36. The molecule has 0 aliphatic carbocycles. The number of unbranched alkanes of at least 4 members (excludes halogenated alkanes) is 1. The summed E-state index contributed by atoms with van der Waals surface area (Å²) in [7, 11) is 0. The summed E-state index contributed by atoms with van der Waals surface area (Å²) in [5.41, 5.74) is 1.33. The Morgan fingerprint density at radius 3 is 2.70 bits per heavy atom. The molecule has 0 unspecified atom stereocenters. The van der Waals surface area contributed by atoms with Crippen LogP contribution in [0.2, 0.25) is 0 Å². The molecule has 0 radical (unpaired) electrons. The van der Waals surface area contributed by atoms with Crippen LogP contribution in [0.15, 0.2) is 4.52 Å². The SMILES string of the molecule is CCCCNC(=O)CCc1nc(N2C[C@H](C)C[C@@H](C)C2)c2c(C)noc2n1. The van der Waals surface area contributed by atoms with Crippen LogP contribution in [-0.2, 0) is 11.2 Å². The molecule has 1 aliphatic heterocycles. The predicted molar refractivity (Wildman–Crippen MR) is 106 cm³/mol. The maximum Gasteiger partial charge on any atom is 0.263 e. The number of carbonyl (C=O) groups is 1. The van der Waals surface area contributed by atoms with E-state index in [-0.39, 0.29) is 5.91 Å². The Hall–Kier alpha value is -2.18. The van der Waals surface area contributed by atoms with Gasteiger partial charge in [0.25, 0.3) is 5.71 Å². The Morgan fingerprint density at radius 1 is 1.26 bits per heavy atom. The molecule has 3 heterocycles. The van der Waals surface area contributed by atoms with E-state index in [2.05, 4.69) is 41.1 Å². The molecule has 27 heavy (non-hydrogen) atoms. The summed E-state index contributed by atoms with van der Waals surface area (Å²) in [4.78, 5) is 23.7. The molecule has 1 aliphatic rings. The fourth-order valence-electron chi connectivity index (χ4n) is 3.91. The molecule has 2 aromatic heterocycles. The van der Waals surface area contributed by atoms with Crippen molar-refractivity contribution in [3.63, 3.8) is 0 Å². The van der Waals surface area contributed by atoms with Crippen LogP contribution in [0.25, 0.3) is 11.1 Å². The number of rotatable bonds is 7. The standard InChI is InChI=1S/C20H31N5O2/c1-5-6-9-21-17(26)8-7-16-22-19(18-15(4)24-27-20(18)23-16)25-11-13(2)10-14(3)12-25/h13-14H,5-12H2,1-4H3,(H,21,26)/t13-,14-/m1/s1. The van der Waals surface area contributed by atoms with Crippen molar-refractivity contribution in [2.24, 2.45) is 11.8 Å². The Balaban J connectivity index is 1.80. The molecule has 148 valence electrons. The number of anilines is 1. The van der Waals surface area contributed by atoms with Crippen LogP contribution in [0.5, 0.6) is 0 Å². The van der Waals surface area contributed by atoms with Crippen LogP contribution < -0.4 is 10.2 Å². The molecular formula is C20H31N5O2. The summed E-state index contributed by atoms with van der Waals surface area (Å²) in [6.45, 7) is 11.3. The quantitative estimate of drug-likeness (QED) is 0.750. The number of hydrogen-bond donors (Lipinski definition) is 1. The van der Waals surface area contributed by atoms with E-state index in [9.17, 15) is 4.79 Å². The summed E-state index contributed by atoms with van der Waals surface area (Å²) in [6, 6.07) is 0. The van der Waals surface area contributed by atoms with Crippen LogP contribution in [-0.4, -0.2) is 40.7 Å². The molecule has 7 nitrogen and oxygen atoms in total. The zero-order valence-corrected chi connectivity index (χ0v) is 16.9. The van der Waals surface area contributed by atoms with E-state index >= 15 is 0 Å². The molecule has 1 amide bonds. The molecule has 0 spiro atoms. The van der Waals surface area contributed by atoms with E-state index in [1.165, 1.54) is 6.42 Å². The van der Waals surface area contributed by atoms with Crippen LogP contribution in [0.4, 0.5) is 5.82 Å². The minimum atomic E-state index is 0.0441. The fourth-order valence-corrected chi connectivity index (χ4v) is 3.91. The first-order valence-electron chi connectivity index (χ1n) is 10.1. The van der Waals surface area contributed by atoms with Crippen molar-refractivity contribution in [1.82, 2.24) is 20.4 Å². The van der Waals surface area contributed by atoms with Crippen molar-refractivity contribution >= 4 is 22.8 Å². The van der Waals surface area contributed by atoms with Crippen LogP contribution in [0.3, 0.4) is 0 Å². The summed E-state index contributed by atoms with van der Waals surface area (Å²) in [6.07, 6.45) is 4.19. The van der Waals surface area contributed by atoms with Crippen LogP contribution >= 0.6 is 0 Å². The van der Waals surface area contributed by atoms with Gasteiger partial charge in [-0.25, -0.2) is 4.98 Å². The fraction of sp³-hybridized carbons (Fsp3) is 0.700. The lowest BCUT2D eigenvalue weighted by molar-refractivity contribution is -0.121. The zero-order chi connectivity index (χ0) is 19.4. The van der Waals surface area contributed by atoms with E-state index in [4.69, 9.17) is 9.51 Å². The number of carbonyl (C=O) groups excluding carboxylic acids is 1. The van der Waals surface area contributed by atoms with Gasteiger partial charge in [0, 0.05) is 32.5 Å². The molecule has 7 heteroatoms. The summed E-state index contributed by atoms with van der Waals surface area (Å²) < 4.78 is 5.43. The molecule has 1 fully saturated rings. The minimum Gasteiger partial charge on any atom is -0.356 e. The number of aromatic nitrogens is 3. The normalized spacial score (nSPS) is 20.2. The van der Waals surface area contributed by atoms with E-state index in [1.54, 1.807) is 0 Å². The number of nitrogens with one attached hydrogen (secondary N) is 1. The molecule has 1 saturated heterocycles. The van der Waals surface area contributed by atoms with Gasteiger partial charge in [0.05, 0.1) is 5.69 Å². The molecular weight excluding hydrogens is 342 g/mol. The van der Waals surface area contributed by atoms with Gasteiger partial charge in [-0.05, 0) is 31.6 Å². The number of amides is 1. The van der Waals surface area contributed by atoms with Crippen molar-refractivity contribution in [2.75, 3.05) is 24.5 Å². The molecule has 2 atom stereocenters. The largest absolute Gasteiger partial charge is 0.356 e. The lowest BCUT2D eigenvalue weighted by Crippen LogP contribution is -2.39. The van der Waals surface area contributed by atoms with Crippen LogP contribution in [0, 0.1) is 18.8 Å². The summed E-state index contributed by atoms with van der Waals surface area (Å²) in [5, 5.41) is 7.93. The number of nitrogens with zero attached hydrogens (tertiary/aromatic N) is 4. The highest BCUT2D eigenvalue weighted by molar-refractivity contribution is 5.88. The predicted octanol–water partition coefficient (Wildman–Crippen LogP) is 3.26. The van der Waals surface area contributed by atoms with Crippen molar-refractivity contribution in [3.8, 4) is 0 Å². The third-order valence-corrected chi connectivity index (χ3v) is 5.13. The third-order valence-electron chi connectivity index (χ3n) is 5.13. The monoisotopic (exact) mass is 373 g/mol. The molecule has 1 N–H and O–H groups in total. The number of hydrogen-bond acceptors (Lipinski definition) is 6. The number of fused-ring (bicyclic) bond motifs is 1. The Labute approximate surface area is 160 Å².